The van der Waals surface area contributed by atoms with E-state index < -0.39 is 0 Å². The lowest BCUT2D eigenvalue weighted by atomic mass is 10.0. The Labute approximate surface area is 210 Å². The van der Waals surface area contributed by atoms with Crippen molar-refractivity contribution in [3.8, 4) is 5.75 Å². The molecule has 1 aliphatic carbocycles. The standard InChI is InChI=1S/C28H31N3O3S/c1-19-3-7-21(8-4-19)29-28(33)31(22-9-10-22)17-27(32)30-15-13-26-24(14-16-35-26)25(30)18-34-23-11-5-20(2)6-12-23/h3-8,11-12,14,16,22,25H,9-10,13,15,17-18H2,1-2H3,(H,29,33). The van der Waals surface area contributed by atoms with Crippen LogP contribution in [0.2, 0.25) is 0 Å². The fourth-order valence-corrected chi connectivity index (χ4v) is 5.43. The Morgan fingerprint density at radius 3 is 2.40 bits per heavy atom. The molecule has 0 radical (unpaired) electrons. The van der Waals surface area contributed by atoms with Crippen LogP contribution in [0.25, 0.3) is 0 Å². The van der Waals surface area contributed by atoms with Crippen molar-refractivity contribution < 1.29 is 14.3 Å². The Bertz CT molecular complexity index is 1180. The summed E-state index contributed by atoms with van der Waals surface area (Å²) in [6.07, 6.45) is 2.70. The highest BCUT2D eigenvalue weighted by molar-refractivity contribution is 7.10. The third kappa shape index (κ3) is 5.51. The van der Waals surface area contributed by atoms with Crippen LogP contribution >= 0.6 is 11.3 Å². The number of nitrogens with zero attached hydrogens (tertiary/aromatic N) is 2. The molecule has 1 aromatic heterocycles. The van der Waals surface area contributed by atoms with Gasteiger partial charge in [-0.1, -0.05) is 35.4 Å². The minimum absolute atomic E-state index is 0.0367. The number of carbonyl (C=O) groups excluding carboxylic acids is 2. The smallest absolute Gasteiger partial charge is 0.322 e. The molecule has 2 aliphatic rings. The predicted octanol–water partition coefficient (Wildman–Crippen LogP) is 5.57. The van der Waals surface area contributed by atoms with E-state index in [1.165, 1.54) is 10.4 Å². The van der Waals surface area contributed by atoms with Crippen LogP contribution < -0.4 is 10.1 Å². The third-order valence-electron chi connectivity index (χ3n) is 6.70. The number of anilines is 1. The molecule has 0 bridgehead atoms. The van der Waals surface area contributed by atoms with Gasteiger partial charge in [0, 0.05) is 23.2 Å². The molecule has 3 amide bonds. The Kier molecular flexibility index (Phi) is 6.77. The van der Waals surface area contributed by atoms with E-state index >= 15 is 0 Å². The van der Waals surface area contributed by atoms with Crippen LogP contribution in [0.4, 0.5) is 10.5 Å². The Morgan fingerprint density at radius 2 is 1.71 bits per heavy atom. The van der Waals surface area contributed by atoms with Crippen LogP contribution in [-0.4, -0.2) is 47.5 Å². The highest BCUT2D eigenvalue weighted by Crippen LogP contribution is 2.35. The first kappa shape index (κ1) is 23.4. The van der Waals surface area contributed by atoms with E-state index in [9.17, 15) is 9.59 Å². The molecule has 2 aromatic carbocycles. The molecule has 2 heterocycles. The summed E-state index contributed by atoms with van der Waals surface area (Å²) in [5, 5.41) is 5.05. The molecule has 35 heavy (non-hydrogen) atoms. The number of amides is 3. The number of aryl methyl sites for hydroxylation is 2. The van der Waals surface area contributed by atoms with Crippen molar-refractivity contribution in [3.63, 3.8) is 0 Å². The number of fused-ring (bicyclic) bond motifs is 1. The lowest BCUT2D eigenvalue weighted by molar-refractivity contribution is -0.135. The molecular formula is C28H31N3O3S. The van der Waals surface area contributed by atoms with Crippen LogP contribution in [-0.2, 0) is 11.2 Å². The van der Waals surface area contributed by atoms with Crippen molar-refractivity contribution >= 4 is 29.0 Å². The highest BCUT2D eigenvalue weighted by Gasteiger charge is 2.38. The maximum atomic E-state index is 13.6. The number of nitrogens with one attached hydrogen (secondary N) is 1. The van der Waals surface area contributed by atoms with Crippen molar-refractivity contribution in [3.05, 3.63) is 81.5 Å². The fourth-order valence-electron chi connectivity index (χ4n) is 4.51. The molecule has 1 unspecified atom stereocenters. The number of thiophene rings is 1. The molecule has 1 saturated carbocycles. The summed E-state index contributed by atoms with van der Waals surface area (Å²) >= 11 is 1.73. The molecule has 3 aromatic rings. The van der Waals surface area contributed by atoms with E-state index in [0.29, 0.717) is 13.2 Å². The summed E-state index contributed by atoms with van der Waals surface area (Å²) in [5.41, 5.74) is 4.21. The largest absolute Gasteiger partial charge is 0.491 e. The van der Waals surface area contributed by atoms with Crippen LogP contribution in [0, 0.1) is 13.8 Å². The van der Waals surface area contributed by atoms with E-state index in [-0.39, 0.29) is 30.6 Å². The Balaban J connectivity index is 1.29. The van der Waals surface area contributed by atoms with Gasteiger partial charge in [0.05, 0.1) is 6.04 Å². The van der Waals surface area contributed by atoms with Crippen LogP contribution in [0.1, 0.15) is 40.5 Å². The fraction of sp³-hybridized carbons (Fsp3) is 0.357. The van der Waals surface area contributed by atoms with Gasteiger partial charge in [0.25, 0.3) is 0 Å². The first-order valence-electron chi connectivity index (χ1n) is 12.2. The zero-order valence-electron chi connectivity index (χ0n) is 20.2. The van der Waals surface area contributed by atoms with Crippen molar-refractivity contribution in [2.24, 2.45) is 0 Å². The first-order chi connectivity index (χ1) is 17.0. The van der Waals surface area contributed by atoms with Crippen molar-refractivity contribution in [2.75, 3.05) is 25.0 Å². The lowest BCUT2D eigenvalue weighted by Gasteiger charge is -2.37. The second-order valence-electron chi connectivity index (χ2n) is 9.43. The van der Waals surface area contributed by atoms with E-state index in [0.717, 1.165) is 41.8 Å². The second kappa shape index (κ2) is 10.1. The molecule has 7 heteroatoms. The normalized spacial score (nSPS) is 17.0. The third-order valence-corrected chi connectivity index (χ3v) is 7.70. The number of hydrogen-bond acceptors (Lipinski definition) is 4. The molecular weight excluding hydrogens is 458 g/mol. The van der Waals surface area contributed by atoms with Gasteiger partial charge >= 0.3 is 6.03 Å². The Morgan fingerprint density at radius 1 is 1.03 bits per heavy atom. The minimum atomic E-state index is -0.217. The molecule has 1 fully saturated rings. The maximum absolute atomic E-state index is 13.6. The van der Waals surface area contributed by atoms with Crippen molar-refractivity contribution in [1.29, 1.82) is 0 Å². The van der Waals surface area contributed by atoms with Gasteiger partial charge < -0.3 is 19.9 Å². The van der Waals surface area contributed by atoms with E-state index in [4.69, 9.17) is 4.74 Å². The molecule has 5 rings (SSSR count). The zero-order valence-corrected chi connectivity index (χ0v) is 21.0. The monoisotopic (exact) mass is 489 g/mol. The number of urea groups is 1. The quantitative estimate of drug-likeness (QED) is 0.472. The number of carbonyl (C=O) groups is 2. The first-order valence-corrected chi connectivity index (χ1v) is 13.1. The molecule has 1 atom stereocenters. The number of hydrogen-bond donors (Lipinski definition) is 1. The molecule has 0 spiro atoms. The number of rotatable bonds is 7. The van der Waals surface area contributed by atoms with Gasteiger partial charge in [-0.2, -0.15) is 0 Å². The minimum Gasteiger partial charge on any atom is -0.491 e. The highest BCUT2D eigenvalue weighted by atomic mass is 32.1. The molecule has 182 valence electrons. The average Bonchev–Trinajstić information content (AvgIpc) is 3.58. The van der Waals surface area contributed by atoms with E-state index in [1.54, 1.807) is 16.2 Å². The second-order valence-corrected chi connectivity index (χ2v) is 10.4. The van der Waals surface area contributed by atoms with Gasteiger partial charge in [0.15, 0.2) is 0 Å². The van der Waals surface area contributed by atoms with E-state index in [1.807, 2.05) is 67.3 Å². The summed E-state index contributed by atoms with van der Waals surface area (Å²) in [6, 6.07) is 17.5. The maximum Gasteiger partial charge on any atom is 0.322 e. The SMILES string of the molecule is Cc1ccc(NC(=O)N(CC(=O)N2CCc3sccc3C2COc2ccc(C)cc2)C2CC2)cc1. The average molecular weight is 490 g/mol. The van der Waals surface area contributed by atoms with Gasteiger partial charge in [-0.05, 0) is 74.4 Å². The topological polar surface area (TPSA) is 61.9 Å². The van der Waals surface area contributed by atoms with Crippen molar-refractivity contribution in [2.45, 2.75) is 45.2 Å². The zero-order chi connectivity index (χ0) is 24.4. The lowest BCUT2D eigenvalue weighted by Crippen LogP contribution is -2.49. The van der Waals surface area contributed by atoms with Crippen LogP contribution in [0.5, 0.6) is 5.75 Å². The van der Waals surface area contributed by atoms with Crippen molar-refractivity contribution in [1.82, 2.24) is 9.80 Å². The molecule has 1 aliphatic heterocycles. The summed E-state index contributed by atoms with van der Waals surface area (Å²) in [5.74, 6) is 0.757. The van der Waals surface area contributed by atoms with E-state index in [2.05, 4.69) is 16.8 Å². The van der Waals surface area contributed by atoms with Crippen LogP contribution in [0.3, 0.4) is 0 Å². The van der Waals surface area contributed by atoms with Gasteiger partial charge in [0.2, 0.25) is 5.91 Å². The van der Waals surface area contributed by atoms with Gasteiger partial charge in [-0.25, -0.2) is 4.79 Å². The number of benzene rings is 2. The predicted molar refractivity (Wildman–Crippen MR) is 139 cm³/mol. The van der Waals surface area contributed by atoms with Crippen LogP contribution in [0.15, 0.2) is 60.0 Å². The summed E-state index contributed by atoms with van der Waals surface area (Å²) in [6.45, 7) is 5.15. The van der Waals surface area contributed by atoms with Gasteiger partial charge in [0.1, 0.15) is 18.9 Å². The summed E-state index contributed by atoms with van der Waals surface area (Å²) in [4.78, 5) is 31.6. The summed E-state index contributed by atoms with van der Waals surface area (Å²) < 4.78 is 6.13. The molecule has 1 N–H and O–H groups in total. The molecule has 6 nitrogen and oxygen atoms in total. The van der Waals surface area contributed by atoms with Gasteiger partial charge in [-0.15, -0.1) is 11.3 Å². The molecule has 0 saturated heterocycles. The summed E-state index contributed by atoms with van der Waals surface area (Å²) in [7, 11) is 0. The number of ether oxygens (including phenoxy) is 1. The van der Waals surface area contributed by atoms with Gasteiger partial charge in [-0.3, -0.25) is 4.79 Å². The Hall–Kier alpha value is -3.32.